The molecule has 2 unspecified atom stereocenters. The number of amides is 3. The first-order valence-corrected chi connectivity index (χ1v) is 15.5. The lowest BCUT2D eigenvalue weighted by atomic mass is 9.98. The van der Waals surface area contributed by atoms with Crippen LogP contribution in [-0.2, 0) is 19.1 Å². The fraction of sp³-hybridized carbons (Fsp3) is 0.364. The number of hydrogen-bond acceptors (Lipinski definition) is 8. The van der Waals surface area contributed by atoms with Crippen LogP contribution in [0.5, 0.6) is 0 Å². The summed E-state index contributed by atoms with van der Waals surface area (Å²) in [6, 6.07) is 16.3. The average molecular weight is 631 g/mol. The Hall–Kier alpha value is -4.57. The SMILES string of the molecule is CC#N.CC1c2ccccc2-c2cc(C(=O)NCCC3(CC(NC=O)C(=O)N[C@H](C)c4cc(C(=N)N)cs4)OCCO3)ccc21. The molecule has 1 aliphatic heterocycles. The molecule has 1 fully saturated rings. The van der Waals surface area contributed by atoms with Crippen molar-refractivity contribution in [2.24, 2.45) is 5.73 Å². The van der Waals surface area contributed by atoms with Crippen LogP contribution >= 0.6 is 11.3 Å². The smallest absolute Gasteiger partial charge is 0.251 e. The summed E-state index contributed by atoms with van der Waals surface area (Å²) in [4.78, 5) is 38.5. The highest BCUT2D eigenvalue weighted by Crippen LogP contribution is 2.44. The van der Waals surface area contributed by atoms with Crippen molar-refractivity contribution < 1.29 is 23.9 Å². The second kappa shape index (κ2) is 14.9. The summed E-state index contributed by atoms with van der Waals surface area (Å²) in [5.74, 6) is -1.52. The van der Waals surface area contributed by atoms with Crippen molar-refractivity contribution in [2.45, 2.75) is 57.4 Å². The maximum absolute atomic E-state index is 13.2. The van der Waals surface area contributed by atoms with E-state index >= 15 is 0 Å². The van der Waals surface area contributed by atoms with Crippen molar-refractivity contribution in [3.8, 4) is 17.2 Å². The zero-order valence-electron chi connectivity index (χ0n) is 25.5. The molecule has 0 bridgehead atoms. The van der Waals surface area contributed by atoms with E-state index in [1.165, 1.54) is 29.4 Å². The van der Waals surface area contributed by atoms with Gasteiger partial charge in [-0.2, -0.15) is 5.26 Å². The Morgan fingerprint density at radius 3 is 2.51 bits per heavy atom. The number of carbonyl (C=O) groups excluding carboxylic acids is 3. The Kier molecular flexibility index (Phi) is 11.1. The van der Waals surface area contributed by atoms with E-state index in [1.807, 2.05) is 37.3 Å². The number of benzene rings is 2. The van der Waals surface area contributed by atoms with Gasteiger partial charge in [0.1, 0.15) is 11.9 Å². The van der Waals surface area contributed by atoms with E-state index in [9.17, 15) is 14.4 Å². The number of nitriles is 1. The minimum absolute atomic E-state index is 0.0443. The number of nitrogens with two attached hydrogens (primary N) is 1. The van der Waals surface area contributed by atoms with Crippen LogP contribution in [0.4, 0.5) is 0 Å². The molecule has 2 aliphatic rings. The predicted molar refractivity (Wildman–Crippen MR) is 172 cm³/mol. The van der Waals surface area contributed by atoms with E-state index in [0.29, 0.717) is 30.8 Å². The second-order valence-corrected chi connectivity index (χ2v) is 11.8. The molecular formula is C33H38N6O5S. The van der Waals surface area contributed by atoms with Crippen molar-refractivity contribution in [1.29, 1.82) is 10.7 Å². The van der Waals surface area contributed by atoms with Crippen molar-refractivity contribution in [3.63, 3.8) is 0 Å². The van der Waals surface area contributed by atoms with Gasteiger partial charge in [0, 0.05) is 53.6 Å². The zero-order chi connectivity index (χ0) is 32.6. The van der Waals surface area contributed by atoms with Crippen molar-refractivity contribution in [1.82, 2.24) is 16.0 Å². The molecule has 1 aromatic heterocycles. The van der Waals surface area contributed by atoms with Gasteiger partial charge in [0.25, 0.3) is 5.91 Å². The molecule has 11 nitrogen and oxygen atoms in total. The third kappa shape index (κ3) is 7.75. The molecule has 6 N–H and O–H groups in total. The molecule has 0 radical (unpaired) electrons. The van der Waals surface area contributed by atoms with Gasteiger partial charge < -0.3 is 31.2 Å². The van der Waals surface area contributed by atoms with Gasteiger partial charge in [0.2, 0.25) is 12.3 Å². The molecule has 236 valence electrons. The lowest BCUT2D eigenvalue weighted by Gasteiger charge is -2.31. The monoisotopic (exact) mass is 630 g/mol. The van der Waals surface area contributed by atoms with Gasteiger partial charge in [-0.15, -0.1) is 11.3 Å². The topological polar surface area (TPSA) is 179 Å². The van der Waals surface area contributed by atoms with Crippen LogP contribution in [0.3, 0.4) is 0 Å². The minimum atomic E-state index is -1.15. The molecule has 2 heterocycles. The molecule has 5 rings (SSSR count). The molecular weight excluding hydrogens is 592 g/mol. The van der Waals surface area contributed by atoms with E-state index in [4.69, 9.17) is 25.9 Å². The molecule has 45 heavy (non-hydrogen) atoms. The largest absolute Gasteiger partial charge is 0.384 e. The molecule has 3 atom stereocenters. The number of fused-ring (bicyclic) bond motifs is 3. The van der Waals surface area contributed by atoms with Crippen LogP contribution in [0.1, 0.15) is 77.5 Å². The number of thiophene rings is 1. The molecule has 0 spiro atoms. The van der Waals surface area contributed by atoms with Crippen molar-refractivity contribution in [2.75, 3.05) is 19.8 Å². The Bertz CT molecular complexity index is 1590. The Labute approximate surface area is 266 Å². The summed E-state index contributed by atoms with van der Waals surface area (Å²) in [6.45, 7) is 6.34. The van der Waals surface area contributed by atoms with E-state index in [1.54, 1.807) is 17.5 Å². The van der Waals surface area contributed by atoms with Crippen molar-refractivity contribution >= 4 is 35.4 Å². The maximum Gasteiger partial charge on any atom is 0.251 e. The van der Waals surface area contributed by atoms with E-state index in [0.717, 1.165) is 16.0 Å². The minimum Gasteiger partial charge on any atom is -0.384 e. The Morgan fingerprint density at radius 2 is 1.84 bits per heavy atom. The van der Waals surface area contributed by atoms with Crippen LogP contribution < -0.4 is 21.7 Å². The van der Waals surface area contributed by atoms with E-state index in [2.05, 4.69) is 35.0 Å². The van der Waals surface area contributed by atoms with Gasteiger partial charge in [-0.3, -0.25) is 19.8 Å². The maximum atomic E-state index is 13.2. The van der Waals surface area contributed by atoms with Crippen molar-refractivity contribution in [3.05, 3.63) is 81.0 Å². The number of ether oxygens (including phenoxy) is 2. The molecule has 3 amide bonds. The summed E-state index contributed by atoms with van der Waals surface area (Å²) in [7, 11) is 0. The highest BCUT2D eigenvalue weighted by atomic mass is 32.1. The first kappa shape index (κ1) is 33.3. The number of nitrogens with zero attached hydrogens (tertiary/aromatic N) is 1. The zero-order valence-corrected chi connectivity index (χ0v) is 26.3. The highest BCUT2D eigenvalue weighted by Gasteiger charge is 2.41. The van der Waals surface area contributed by atoms with Crippen LogP contribution in [0, 0.1) is 16.7 Å². The number of hydrogen-bond donors (Lipinski definition) is 5. The normalized spacial score (nSPS) is 16.9. The molecule has 12 heteroatoms. The number of nitrogens with one attached hydrogen (secondary N) is 4. The summed E-state index contributed by atoms with van der Waals surface area (Å²) in [6.07, 6.45) is 0.832. The molecule has 2 aromatic carbocycles. The highest BCUT2D eigenvalue weighted by molar-refractivity contribution is 7.10. The van der Waals surface area contributed by atoms with E-state index in [-0.39, 0.29) is 43.1 Å². The summed E-state index contributed by atoms with van der Waals surface area (Å²) in [5, 5.41) is 25.1. The van der Waals surface area contributed by atoms with Gasteiger partial charge in [0.05, 0.1) is 25.3 Å². The summed E-state index contributed by atoms with van der Waals surface area (Å²) >= 11 is 1.39. The van der Waals surface area contributed by atoms with Crippen LogP contribution in [0.15, 0.2) is 53.9 Å². The quantitative estimate of drug-likeness (QED) is 0.114. The van der Waals surface area contributed by atoms with Crippen LogP contribution in [-0.4, -0.2) is 55.6 Å². The number of carbonyl (C=O) groups is 3. The van der Waals surface area contributed by atoms with Gasteiger partial charge in [0.15, 0.2) is 5.79 Å². The first-order chi connectivity index (χ1) is 21.6. The molecule has 3 aromatic rings. The van der Waals surface area contributed by atoms with Crippen LogP contribution in [0.25, 0.3) is 11.1 Å². The Balaban J connectivity index is 0.00000148. The Morgan fingerprint density at radius 1 is 1.16 bits per heavy atom. The summed E-state index contributed by atoms with van der Waals surface area (Å²) in [5.41, 5.74) is 11.4. The molecule has 0 saturated carbocycles. The fourth-order valence-electron chi connectivity index (χ4n) is 5.65. The fourth-order valence-corrected chi connectivity index (χ4v) is 6.57. The summed E-state index contributed by atoms with van der Waals surface area (Å²) < 4.78 is 11.9. The molecule has 1 saturated heterocycles. The first-order valence-electron chi connectivity index (χ1n) is 14.7. The second-order valence-electron chi connectivity index (χ2n) is 10.9. The predicted octanol–water partition coefficient (Wildman–Crippen LogP) is 3.94. The number of rotatable bonds is 12. The third-order valence-electron chi connectivity index (χ3n) is 7.92. The van der Waals surface area contributed by atoms with Gasteiger partial charge >= 0.3 is 0 Å². The van der Waals surface area contributed by atoms with Gasteiger partial charge in [-0.25, -0.2) is 0 Å². The average Bonchev–Trinajstić information content (AvgIpc) is 3.77. The van der Waals surface area contributed by atoms with Gasteiger partial charge in [-0.1, -0.05) is 37.3 Å². The molecule has 1 aliphatic carbocycles. The van der Waals surface area contributed by atoms with Gasteiger partial charge in [-0.05, 0) is 47.4 Å². The van der Waals surface area contributed by atoms with E-state index < -0.39 is 17.7 Å². The lowest BCUT2D eigenvalue weighted by Crippen LogP contribution is -2.50. The van der Waals surface area contributed by atoms with Crippen LogP contribution in [0.2, 0.25) is 0 Å². The number of nitrogen functional groups attached to an aromatic ring is 1. The lowest BCUT2D eigenvalue weighted by molar-refractivity contribution is -0.172. The number of amidine groups is 1. The third-order valence-corrected chi connectivity index (χ3v) is 9.04. The standard InChI is InChI=1S/C31H35N5O5S.C2H3N/c1-18-22-5-3-4-6-24(22)25-13-20(7-8-23(18)25)29(38)34-10-9-31(40-11-12-41-31)15-26(35-17-37)30(39)36-19(2)27-14-21(16-42-27)28(32)33;1-2-3/h3-8,13-14,16-19,26H,9-12,15H2,1-2H3,(H3,32,33)(H,34,38)(H,35,37)(H,36,39);1H3/t18?,19-,26?;/m1./s1.